The Morgan fingerprint density at radius 1 is 1.21 bits per heavy atom. The zero-order valence-electron chi connectivity index (χ0n) is 16.1. The van der Waals surface area contributed by atoms with Crippen molar-refractivity contribution in [3.8, 4) is 0 Å². The van der Waals surface area contributed by atoms with Gasteiger partial charge in [-0.05, 0) is 71.8 Å². The minimum Gasteiger partial charge on any atom is -0.461 e. The molecule has 3 aromatic rings. The third-order valence-electron chi connectivity index (χ3n) is 5.43. The summed E-state index contributed by atoms with van der Waals surface area (Å²) in [6, 6.07) is 14.8. The molecule has 4 nitrogen and oxygen atoms in total. The van der Waals surface area contributed by atoms with Gasteiger partial charge in [-0.25, -0.2) is 4.79 Å². The van der Waals surface area contributed by atoms with Gasteiger partial charge in [-0.2, -0.15) is 0 Å². The van der Waals surface area contributed by atoms with Crippen molar-refractivity contribution in [2.45, 2.75) is 32.6 Å². The standard InChI is InChI=1S/C23H25BrN2O2/c1-2-28-23(27)22-18(17-10-5-12-19(24)21(17)25-22)11-7-15-26-14-6-9-16-8-3-4-13-20(16)26/h3-5,8,10,12-13,25H,2,6-7,9,11,14-15H2,1H3. The predicted octanol–water partition coefficient (Wildman–Crippen LogP) is 5.49. The van der Waals surface area contributed by atoms with Crippen LogP contribution < -0.4 is 4.90 Å². The first-order valence-electron chi connectivity index (χ1n) is 9.98. The minimum absolute atomic E-state index is 0.274. The summed E-state index contributed by atoms with van der Waals surface area (Å²) in [4.78, 5) is 18.3. The fourth-order valence-electron chi connectivity index (χ4n) is 4.17. The highest BCUT2D eigenvalue weighted by Gasteiger charge is 2.21. The number of carbonyl (C=O) groups is 1. The number of nitrogens with one attached hydrogen (secondary N) is 1. The second kappa shape index (κ2) is 8.39. The SMILES string of the molecule is CCOC(=O)c1[nH]c2c(Br)cccc2c1CCCN1CCCc2ccccc21. The largest absolute Gasteiger partial charge is 0.461 e. The van der Waals surface area contributed by atoms with Crippen LogP contribution in [0.4, 0.5) is 5.69 Å². The van der Waals surface area contributed by atoms with E-state index in [0.717, 1.165) is 53.3 Å². The van der Waals surface area contributed by atoms with Gasteiger partial charge < -0.3 is 14.6 Å². The number of esters is 1. The molecule has 0 fully saturated rings. The molecule has 0 amide bonds. The van der Waals surface area contributed by atoms with Crippen molar-refractivity contribution in [2.24, 2.45) is 0 Å². The Morgan fingerprint density at radius 3 is 2.93 bits per heavy atom. The number of hydrogen-bond acceptors (Lipinski definition) is 3. The van der Waals surface area contributed by atoms with Crippen LogP contribution in [0.15, 0.2) is 46.9 Å². The number of halogens is 1. The van der Waals surface area contributed by atoms with Crippen molar-refractivity contribution >= 4 is 38.5 Å². The number of para-hydroxylation sites is 2. The molecule has 2 aromatic carbocycles. The van der Waals surface area contributed by atoms with E-state index in [-0.39, 0.29) is 5.97 Å². The molecule has 1 N–H and O–H groups in total. The number of carbonyl (C=O) groups excluding carboxylic acids is 1. The van der Waals surface area contributed by atoms with E-state index in [0.29, 0.717) is 12.3 Å². The normalized spacial score (nSPS) is 13.6. The molecule has 0 atom stereocenters. The number of H-pyrrole nitrogens is 1. The molecule has 0 aliphatic carbocycles. The molecule has 0 saturated carbocycles. The lowest BCUT2D eigenvalue weighted by molar-refractivity contribution is 0.0519. The number of ether oxygens (including phenoxy) is 1. The quantitative estimate of drug-likeness (QED) is 0.515. The third-order valence-corrected chi connectivity index (χ3v) is 6.09. The molecule has 0 saturated heterocycles. The molecule has 0 radical (unpaired) electrons. The van der Waals surface area contributed by atoms with E-state index in [9.17, 15) is 4.79 Å². The molecular weight excluding hydrogens is 416 g/mol. The molecule has 4 rings (SSSR count). The van der Waals surface area contributed by atoms with Crippen molar-refractivity contribution in [1.29, 1.82) is 0 Å². The van der Waals surface area contributed by atoms with Gasteiger partial charge in [0.1, 0.15) is 5.69 Å². The average molecular weight is 441 g/mol. The van der Waals surface area contributed by atoms with Gasteiger partial charge in [0.15, 0.2) is 0 Å². The van der Waals surface area contributed by atoms with Gasteiger partial charge in [0.05, 0.1) is 12.1 Å². The van der Waals surface area contributed by atoms with Crippen LogP contribution in [0.2, 0.25) is 0 Å². The van der Waals surface area contributed by atoms with Gasteiger partial charge in [-0.3, -0.25) is 0 Å². The van der Waals surface area contributed by atoms with E-state index in [1.165, 1.54) is 17.7 Å². The maximum atomic E-state index is 12.5. The van der Waals surface area contributed by atoms with Crippen LogP contribution in [-0.4, -0.2) is 30.6 Å². The molecule has 1 aromatic heterocycles. The molecule has 0 spiro atoms. The molecule has 0 bridgehead atoms. The van der Waals surface area contributed by atoms with Crippen LogP contribution in [0, 0.1) is 0 Å². The van der Waals surface area contributed by atoms with E-state index in [4.69, 9.17) is 4.74 Å². The number of aromatic amines is 1. The van der Waals surface area contributed by atoms with Gasteiger partial charge in [-0.1, -0.05) is 30.3 Å². The topological polar surface area (TPSA) is 45.3 Å². The Morgan fingerprint density at radius 2 is 2.07 bits per heavy atom. The Labute approximate surface area is 174 Å². The smallest absolute Gasteiger partial charge is 0.355 e. The summed E-state index contributed by atoms with van der Waals surface area (Å²) in [6.45, 7) is 4.30. The maximum Gasteiger partial charge on any atom is 0.355 e. The van der Waals surface area contributed by atoms with E-state index in [2.05, 4.69) is 56.1 Å². The van der Waals surface area contributed by atoms with E-state index in [1.807, 2.05) is 19.1 Å². The zero-order valence-corrected chi connectivity index (χ0v) is 17.7. The summed E-state index contributed by atoms with van der Waals surface area (Å²) in [6.07, 6.45) is 4.19. The molecule has 5 heteroatoms. The maximum absolute atomic E-state index is 12.5. The molecule has 2 heterocycles. The van der Waals surface area contributed by atoms with Crippen molar-refractivity contribution in [3.63, 3.8) is 0 Å². The van der Waals surface area contributed by atoms with E-state index >= 15 is 0 Å². The van der Waals surface area contributed by atoms with Gasteiger partial charge in [0, 0.05) is 28.6 Å². The van der Waals surface area contributed by atoms with E-state index < -0.39 is 0 Å². The van der Waals surface area contributed by atoms with Crippen molar-refractivity contribution < 1.29 is 9.53 Å². The molecular formula is C23H25BrN2O2. The minimum atomic E-state index is -0.274. The number of fused-ring (bicyclic) bond motifs is 2. The Balaban J connectivity index is 1.56. The fraction of sp³-hybridized carbons (Fsp3) is 0.348. The summed E-state index contributed by atoms with van der Waals surface area (Å²) in [5.41, 5.74) is 5.41. The molecule has 1 aliphatic heterocycles. The lowest BCUT2D eigenvalue weighted by atomic mass is 10.0. The van der Waals surface area contributed by atoms with Crippen LogP contribution in [0.3, 0.4) is 0 Å². The first kappa shape index (κ1) is 19.1. The lowest BCUT2D eigenvalue weighted by Gasteiger charge is -2.31. The first-order valence-corrected chi connectivity index (χ1v) is 10.8. The summed E-state index contributed by atoms with van der Waals surface area (Å²) >= 11 is 3.59. The van der Waals surface area contributed by atoms with Gasteiger partial charge in [0.2, 0.25) is 0 Å². The van der Waals surface area contributed by atoms with Crippen LogP contribution in [0.1, 0.15) is 41.4 Å². The number of hydrogen-bond donors (Lipinski definition) is 1. The highest BCUT2D eigenvalue weighted by atomic mass is 79.9. The zero-order chi connectivity index (χ0) is 19.5. The summed E-state index contributed by atoms with van der Waals surface area (Å²) in [5.74, 6) is -0.274. The predicted molar refractivity (Wildman–Crippen MR) is 117 cm³/mol. The summed E-state index contributed by atoms with van der Waals surface area (Å²) < 4.78 is 6.25. The number of rotatable bonds is 6. The average Bonchev–Trinajstić information content (AvgIpc) is 3.09. The number of aromatic nitrogens is 1. The Hall–Kier alpha value is -2.27. The van der Waals surface area contributed by atoms with Gasteiger partial charge in [-0.15, -0.1) is 0 Å². The van der Waals surface area contributed by atoms with Crippen molar-refractivity contribution in [2.75, 3.05) is 24.6 Å². The molecule has 146 valence electrons. The third kappa shape index (κ3) is 3.68. The number of anilines is 1. The second-order valence-corrected chi connectivity index (χ2v) is 8.04. The van der Waals surface area contributed by atoms with Gasteiger partial charge in [0.25, 0.3) is 0 Å². The highest BCUT2D eigenvalue weighted by Crippen LogP contribution is 2.31. The van der Waals surface area contributed by atoms with Crippen LogP contribution in [0.5, 0.6) is 0 Å². The lowest BCUT2D eigenvalue weighted by Crippen LogP contribution is -2.30. The van der Waals surface area contributed by atoms with Crippen molar-refractivity contribution in [1.82, 2.24) is 4.98 Å². The summed E-state index contributed by atoms with van der Waals surface area (Å²) in [5, 5.41) is 1.09. The second-order valence-electron chi connectivity index (χ2n) is 7.18. The molecule has 1 aliphatic rings. The highest BCUT2D eigenvalue weighted by molar-refractivity contribution is 9.10. The molecule has 0 unspecified atom stereocenters. The van der Waals surface area contributed by atoms with Crippen LogP contribution in [0.25, 0.3) is 10.9 Å². The monoisotopic (exact) mass is 440 g/mol. The first-order chi connectivity index (χ1) is 13.7. The number of nitrogens with zero attached hydrogens (tertiary/aromatic N) is 1. The van der Waals surface area contributed by atoms with Crippen LogP contribution in [-0.2, 0) is 17.6 Å². The number of benzene rings is 2. The molecule has 28 heavy (non-hydrogen) atoms. The Bertz CT molecular complexity index is 995. The van der Waals surface area contributed by atoms with Gasteiger partial charge >= 0.3 is 5.97 Å². The summed E-state index contributed by atoms with van der Waals surface area (Å²) in [7, 11) is 0. The van der Waals surface area contributed by atoms with Crippen molar-refractivity contribution in [3.05, 3.63) is 63.8 Å². The number of aryl methyl sites for hydroxylation is 2. The Kier molecular flexibility index (Phi) is 5.72. The van der Waals surface area contributed by atoms with E-state index in [1.54, 1.807) is 0 Å². The fourth-order valence-corrected chi connectivity index (χ4v) is 4.63. The van der Waals surface area contributed by atoms with Crippen LogP contribution >= 0.6 is 15.9 Å².